The summed E-state index contributed by atoms with van der Waals surface area (Å²) >= 11 is 0. The van der Waals surface area contributed by atoms with Crippen LogP contribution in [0.5, 0.6) is 5.75 Å². The molecule has 352 valence electrons. The molecule has 23 heteroatoms. The summed E-state index contributed by atoms with van der Waals surface area (Å²) < 4.78 is 57.4. The van der Waals surface area contributed by atoms with E-state index < -0.39 is 129 Å². The molecule has 2 aromatic carbocycles. The molecule has 7 amide bonds. The number of nitrogens with zero attached hydrogens (tertiary/aromatic N) is 3. The lowest BCUT2D eigenvalue weighted by molar-refractivity contribution is -0.163. The van der Waals surface area contributed by atoms with Crippen molar-refractivity contribution >= 4 is 55.0 Å². The van der Waals surface area contributed by atoms with Gasteiger partial charge in [0.1, 0.15) is 59.7 Å². The van der Waals surface area contributed by atoms with E-state index in [0.29, 0.717) is 37.7 Å². The zero-order valence-corrected chi connectivity index (χ0v) is 36.8. The number of amides is 7. The number of phosphoric ester groups is 1. The van der Waals surface area contributed by atoms with Gasteiger partial charge in [0.15, 0.2) is 0 Å². The Labute approximate surface area is 372 Å². The zero-order chi connectivity index (χ0) is 46.9. The molecule has 0 aromatic heterocycles. The number of carbonyl (C=O) groups is 7. The van der Waals surface area contributed by atoms with Gasteiger partial charge in [-0.3, -0.25) is 28.5 Å². The van der Waals surface area contributed by atoms with Crippen molar-refractivity contribution in [2.75, 3.05) is 31.6 Å². The van der Waals surface area contributed by atoms with Crippen LogP contribution in [-0.4, -0.2) is 141 Å². The molecule has 0 unspecified atom stereocenters. The fourth-order valence-electron chi connectivity index (χ4n) is 9.22. The summed E-state index contributed by atoms with van der Waals surface area (Å²) in [5.41, 5.74) is 1.12. The number of anilines is 1. The number of carbonyl (C=O) groups excluding carboxylic acids is 7. The molecule has 0 spiro atoms. The lowest BCUT2D eigenvalue weighted by Gasteiger charge is -2.39. The first-order valence-corrected chi connectivity index (χ1v) is 23.0. The standard InChI is InChI=1S/C42H52F2N7O13P/c1-21-12-33-41(57)63-23(3)35(48-36(52)30(15-24-13-26(43)16-27(44)14-24)47-42(58)46-28-8-7-25-9-11-62-34(25)17-28)40(56)51-20-29(64-65(59,60)61)18-32(51)39(55)49-10-5-4-6-31(49)37(53)45-22(2)38(54)50(33)19-21/h7-8,13-14,16-17,21-23,29-33,35H,4-6,9-12,15,18-20H2,1-3H3,(H,45,53)(H,48,52)(H2,46,47,58)(H2,59,60,61)/t21-,22+,23+,29-,30+,31+,32+,33+,35+/m1/s1. The molecule has 4 fully saturated rings. The third-order valence-electron chi connectivity index (χ3n) is 12.3. The van der Waals surface area contributed by atoms with Crippen LogP contribution in [0.2, 0.25) is 0 Å². The van der Waals surface area contributed by atoms with Crippen LogP contribution in [0.3, 0.4) is 0 Å². The Kier molecular flexibility index (Phi) is 14.1. The molecule has 0 radical (unpaired) electrons. The van der Waals surface area contributed by atoms with Gasteiger partial charge in [-0.05, 0) is 74.8 Å². The van der Waals surface area contributed by atoms with Crippen LogP contribution in [0, 0.1) is 17.6 Å². The topological polar surface area (TPSA) is 263 Å². The van der Waals surface area contributed by atoms with Gasteiger partial charge in [0.05, 0.1) is 12.7 Å². The van der Waals surface area contributed by atoms with Gasteiger partial charge in [-0.2, -0.15) is 0 Å². The number of halogens is 2. The molecule has 5 heterocycles. The number of phosphoric acid groups is 1. The number of hydrogen-bond acceptors (Lipinski definition) is 11. The van der Waals surface area contributed by atoms with E-state index in [-0.39, 0.29) is 43.1 Å². The maximum atomic E-state index is 15.0. The van der Waals surface area contributed by atoms with E-state index in [9.17, 15) is 56.7 Å². The van der Waals surface area contributed by atoms with Crippen molar-refractivity contribution < 1.29 is 70.7 Å². The number of rotatable bonds is 8. The third kappa shape index (κ3) is 11.1. The molecule has 9 atom stereocenters. The highest BCUT2D eigenvalue weighted by Gasteiger charge is 2.50. The normalized spacial score (nSPS) is 28.0. The average molecular weight is 932 g/mol. The number of esters is 1. The average Bonchev–Trinajstić information content (AvgIpc) is 3.98. The molecular formula is C42H52F2N7O13P. The van der Waals surface area contributed by atoms with E-state index in [1.165, 1.54) is 23.6 Å². The molecule has 5 aliphatic heterocycles. The van der Waals surface area contributed by atoms with Gasteiger partial charge >= 0.3 is 19.8 Å². The molecule has 7 rings (SSSR count). The second-order valence-corrected chi connectivity index (χ2v) is 18.5. The molecule has 0 bridgehead atoms. The Morgan fingerprint density at radius 1 is 0.908 bits per heavy atom. The van der Waals surface area contributed by atoms with Crippen molar-refractivity contribution in [3.05, 3.63) is 59.2 Å². The van der Waals surface area contributed by atoms with Gasteiger partial charge in [-0.25, -0.2) is 22.9 Å². The first kappa shape index (κ1) is 47.3. The van der Waals surface area contributed by atoms with Gasteiger partial charge < -0.3 is 55.2 Å². The summed E-state index contributed by atoms with van der Waals surface area (Å²) in [4.78, 5) is 122. The third-order valence-corrected chi connectivity index (χ3v) is 12.8. The summed E-state index contributed by atoms with van der Waals surface area (Å²) in [6, 6.07) is -2.09. The Bertz CT molecular complexity index is 2260. The van der Waals surface area contributed by atoms with Crippen LogP contribution in [0.1, 0.15) is 64.0 Å². The van der Waals surface area contributed by atoms with Gasteiger partial charge in [0.2, 0.25) is 29.5 Å². The highest BCUT2D eigenvalue weighted by Crippen LogP contribution is 2.41. The molecule has 0 saturated carbocycles. The number of piperidine rings is 1. The van der Waals surface area contributed by atoms with E-state index >= 15 is 0 Å². The van der Waals surface area contributed by atoms with E-state index in [2.05, 4.69) is 21.3 Å². The summed E-state index contributed by atoms with van der Waals surface area (Å²) in [6.07, 6.45) is -2.03. The number of hydrogen-bond donors (Lipinski definition) is 6. The fourth-order valence-corrected chi connectivity index (χ4v) is 9.76. The highest BCUT2D eigenvalue weighted by atomic mass is 31.2. The Morgan fingerprint density at radius 3 is 2.35 bits per heavy atom. The monoisotopic (exact) mass is 931 g/mol. The maximum absolute atomic E-state index is 15.0. The molecule has 65 heavy (non-hydrogen) atoms. The molecular weight excluding hydrogens is 879 g/mol. The van der Waals surface area contributed by atoms with Gasteiger partial charge in [-0.1, -0.05) is 13.0 Å². The molecule has 0 aliphatic carbocycles. The molecule has 6 N–H and O–H groups in total. The SMILES string of the molecule is C[C@@H]1C[C@H]2C(=O)O[C@@H](C)[C@H](NC(=O)[C@H](Cc3cc(F)cc(F)c3)NC(=O)Nc3ccc4c(c3)OCC4)C(=O)N3C[C@H](OP(=O)(O)O)C[C@H]3C(=O)N3CCCC[C@H]3C(=O)N[C@@H](C)C(=O)N2C1. The van der Waals surface area contributed by atoms with Crippen molar-refractivity contribution in [1.82, 2.24) is 30.7 Å². The Balaban J connectivity index is 1.25. The smallest absolute Gasteiger partial charge is 0.469 e. The minimum Gasteiger partial charge on any atom is -0.493 e. The molecule has 2 aromatic rings. The lowest BCUT2D eigenvalue weighted by Crippen LogP contribution is -2.63. The molecule has 20 nitrogen and oxygen atoms in total. The van der Waals surface area contributed by atoms with Crippen LogP contribution in [0.25, 0.3) is 0 Å². The Hall–Kier alpha value is -5.70. The van der Waals surface area contributed by atoms with Crippen LogP contribution < -0.4 is 26.0 Å². The van der Waals surface area contributed by atoms with Crippen LogP contribution >= 0.6 is 7.82 Å². The summed E-state index contributed by atoms with van der Waals surface area (Å²) in [5, 5.41) is 10.3. The number of urea groups is 1. The molecule has 4 saturated heterocycles. The van der Waals surface area contributed by atoms with E-state index in [1.54, 1.807) is 25.1 Å². The van der Waals surface area contributed by atoms with Crippen LogP contribution in [0.4, 0.5) is 19.3 Å². The van der Waals surface area contributed by atoms with Gasteiger partial charge in [0, 0.05) is 56.7 Å². The fraction of sp³-hybridized carbons (Fsp3) is 0.548. The predicted molar refractivity (Wildman–Crippen MR) is 222 cm³/mol. The van der Waals surface area contributed by atoms with Crippen LogP contribution in [0.15, 0.2) is 36.4 Å². The number of ether oxygens (including phenoxy) is 2. The number of nitrogens with one attached hydrogen (secondary N) is 4. The predicted octanol–water partition coefficient (Wildman–Crippen LogP) is 1.26. The zero-order valence-electron chi connectivity index (χ0n) is 35.9. The van der Waals surface area contributed by atoms with Crippen molar-refractivity contribution in [3.63, 3.8) is 0 Å². The second-order valence-electron chi connectivity index (χ2n) is 17.3. The minimum absolute atomic E-state index is 0.0518. The van der Waals surface area contributed by atoms with E-state index in [0.717, 1.165) is 22.6 Å². The lowest BCUT2D eigenvalue weighted by atomic mass is 9.98. The second kappa shape index (κ2) is 19.4. The van der Waals surface area contributed by atoms with Gasteiger partial charge in [-0.15, -0.1) is 0 Å². The molecule has 5 aliphatic rings. The van der Waals surface area contributed by atoms with Crippen LogP contribution in [-0.2, 0) is 55.4 Å². The number of benzene rings is 2. The van der Waals surface area contributed by atoms with Crippen molar-refractivity contribution in [2.24, 2.45) is 5.92 Å². The van der Waals surface area contributed by atoms with Crippen molar-refractivity contribution in [2.45, 2.75) is 114 Å². The van der Waals surface area contributed by atoms with Crippen molar-refractivity contribution in [3.8, 4) is 5.75 Å². The Morgan fingerprint density at radius 2 is 1.63 bits per heavy atom. The quantitative estimate of drug-likeness (QED) is 0.161. The van der Waals surface area contributed by atoms with Gasteiger partial charge in [0.25, 0.3) is 0 Å². The minimum atomic E-state index is -5.21. The summed E-state index contributed by atoms with van der Waals surface area (Å²) in [5.74, 6) is -6.86. The maximum Gasteiger partial charge on any atom is 0.469 e. The number of cyclic esters (lactones) is 1. The summed E-state index contributed by atoms with van der Waals surface area (Å²) in [6.45, 7) is 4.52. The number of fused-ring (bicyclic) bond motifs is 4. The first-order valence-electron chi connectivity index (χ1n) is 21.5. The first-order chi connectivity index (χ1) is 30.7. The van der Waals surface area contributed by atoms with E-state index in [4.69, 9.17) is 14.0 Å². The highest BCUT2D eigenvalue weighted by molar-refractivity contribution is 7.46. The van der Waals surface area contributed by atoms with Crippen molar-refractivity contribution in [1.29, 1.82) is 0 Å². The van der Waals surface area contributed by atoms with E-state index in [1.807, 2.05) is 0 Å². The largest absolute Gasteiger partial charge is 0.493 e. The summed E-state index contributed by atoms with van der Waals surface area (Å²) in [7, 11) is -5.21.